The Labute approximate surface area is 701 Å². The molecule has 0 spiro atoms. The van der Waals surface area contributed by atoms with Crippen molar-refractivity contribution < 1.29 is 0 Å². The topological polar surface area (TPSA) is 72.2 Å². The maximum Gasteiger partial charge on any atom is 0.0464 e. The molecule has 22 aromatic carbocycles. The summed E-state index contributed by atoms with van der Waals surface area (Å²) in [4.78, 5) is 0. The molecule has 0 heterocycles. The van der Waals surface area contributed by atoms with Crippen LogP contribution >= 0.6 is 0 Å². The molecular formula is C114H88N6. The molecule has 0 aliphatic carbocycles. The lowest BCUT2D eigenvalue weighted by molar-refractivity contribution is 1.55. The third-order valence-electron chi connectivity index (χ3n) is 21.1. The quantitative estimate of drug-likeness (QED) is 0.0691. The van der Waals surface area contributed by atoms with Crippen LogP contribution in [-0.4, -0.2) is 0 Å². The molecule has 0 atom stereocenters. The van der Waals surface area contributed by atoms with Gasteiger partial charge in [-0.05, 0) is 208 Å². The SMILES string of the molecule is c1ccc(-c2ccc(Nc3ccc4ccccc4c3)cc2)cc1.c1ccc(Nc2ccc3ccccc3c2)cc1.c1ccc(Nc2cccc3ccccc23)cc1.c1ccc2c(Nc3cccc4ccccc34)cccc2c1.c1ccc2cc(Nc3ccc4ccccc4c3)ccc2c1.c1ccc2cc(Nc3cccc4ccccc34)ccc2c1. The van der Waals surface area contributed by atoms with E-state index in [1.54, 1.807) is 0 Å². The lowest BCUT2D eigenvalue weighted by atomic mass is 10.1. The van der Waals surface area contributed by atoms with Gasteiger partial charge in [-0.25, -0.2) is 0 Å². The summed E-state index contributed by atoms with van der Waals surface area (Å²) < 4.78 is 0. The van der Waals surface area contributed by atoms with Crippen molar-refractivity contribution in [2.75, 3.05) is 31.9 Å². The second-order valence-electron chi connectivity index (χ2n) is 29.3. The van der Waals surface area contributed by atoms with Crippen LogP contribution in [0.4, 0.5) is 68.2 Å². The highest BCUT2D eigenvalue weighted by Crippen LogP contribution is 2.35. The van der Waals surface area contributed by atoms with Crippen LogP contribution in [0.3, 0.4) is 0 Å². The fraction of sp³-hybridized carbons (Fsp3) is 0. The smallest absolute Gasteiger partial charge is 0.0464 e. The van der Waals surface area contributed by atoms with Gasteiger partial charge >= 0.3 is 0 Å². The molecule has 574 valence electrons. The Morgan fingerprint density at radius 1 is 0.100 bits per heavy atom. The molecule has 6 heteroatoms. The van der Waals surface area contributed by atoms with E-state index in [1.165, 1.54) is 108 Å². The zero-order valence-corrected chi connectivity index (χ0v) is 66.3. The molecule has 0 aromatic heterocycles. The van der Waals surface area contributed by atoms with Crippen LogP contribution in [-0.2, 0) is 0 Å². The minimum Gasteiger partial charge on any atom is -0.356 e. The largest absolute Gasteiger partial charge is 0.356 e. The summed E-state index contributed by atoms with van der Waals surface area (Å²) in [5, 5.41) is 43.5. The van der Waals surface area contributed by atoms with Crippen LogP contribution in [0.25, 0.3) is 108 Å². The summed E-state index contributed by atoms with van der Waals surface area (Å²) in [6, 6.07) is 173. The molecule has 0 radical (unpaired) electrons. The number of nitrogens with one attached hydrogen (secondary N) is 6. The lowest BCUT2D eigenvalue weighted by Crippen LogP contribution is -1.92. The van der Waals surface area contributed by atoms with Gasteiger partial charge in [-0.3, -0.25) is 0 Å². The third kappa shape index (κ3) is 19.7. The zero-order valence-electron chi connectivity index (χ0n) is 66.3. The molecule has 0 aliphatic rings. The van der Waals surface area contributed by atoms with E-state index in [2.05, 4.69) is 487 Å². The average molecular weight is 1540 g/mol. The molecule has 0 unspecified atom stereocenters. The number of hydrogen-bond acceptors (Lipinski definition) is 6. The van der Waals surface area contributed by atoms with Crippen LogP contribution in [0.15, 0.2) is 497 Å². The van der Waals surface area contributed by atoms with Crippen molar-refractivity contribution in [1.29, 1.82) is 0 Å². The van der Waals surface area contributed by atoms with E-state index < -0.39 is 0 Å². The first-order valence-corrected chi connectivity index (χ1v) is 40.7. The number of hydrogen-bond donors (Lipinski definition) is 6. The molecule has 120 heavy (non-hydrogen) atoms. The maximum atomic E-state index is 3.59. The molecule has 6 N–H and O–H groups in total. The number of rotatable bonds is 13. The maximum absolute atomic E-state index is 3.59. The van der Waals surface area contributed by atoms with Crippen molar-refractivity contribution in [3.63, 3.8) is 0 Å². The summed E-state index contributed by atoms with van der Waals surface area (Å²) in [6.07, 6.45) is 0. The minimum atomic E-state index is 1.10. The highest BCUT2D eigenvalue weighted by molar-refractivity contribution is 6.02. The Morgan fingerprint density at radius 2 is 0.292 bits per heavy atom. The molecule has 0 bridgehead atoms. The second-order valence-corrected chi connectivity index (χ2v) is 29.3. The summed E-state index contributed by atoms with van der Waals surface area (Å²) in [5.74, 6) is 0. The van der Waals surface area contributed by atoms with Crippen molar-refractivity contribution in [1.82, 2.24) is 0 Å². The van der Waals surface area contributed by atoms with Crippen LogP contribution < -0.4 is 31.9 Å². The third-order valence-corrected chi connectivity index (χ3v) is 21.1. The van der Waals surface area contributed by atoms with Crippen molar-refractivity contribution in [2.45, 2.75) is 0 Å². The first kappa shape index (κ1) is 76.6. The van der Waals surface area contributed by atoms with Gasteiger partial charge in [0.15, 0.2) is 0 Å². The molecule has 0 fully saturated rings. The Kier molecular flexibility index (Phi) is 24.2. The van der Waals surface area contributed by atoms with E-state index in [4.69, 9.17) is 0 Å². The van der Waals surface area contributed by atoms with Crippen molar-refractivity contribution in [2.24, 2.45) is 0 Å². The van der Waals surface area contributed by atoms with E-state index in [9.17, 15) is 0 Å². The van der Waals surface area contributed by atoms with Gasteiger partial charge < -0.3 is 31.9 Å². The molecule has 22 rings (SSSR count). The minimum absolute atomic E-state index is 1.10. The van der Waals surface area contributed by atoms with Gasteiger partial charge in [-0.15, -0.1) is 0 Å². The van der Waals surface area contributed by atoms with E-state index in [0.29, 0.717) is 0 Å². The molecule has 0 aliphatic heterocycles. The first-order valence-electron chi connectivity index (χ1n) is 40.7. The Bertz CT molecular complexity index is 6980. The van der Waals surface area contributed by atoms with Gasteiger partial charge in [-0.1, -0.05) is 376 Å². The van der Waals surface area contributed by atoms with Gasteiger partial charge in [-0.2, -0.15) is 0 Å². The number of anilines is 12. The normalized spacial score (nSPS) is 10.7. The van der Waals surface area contributed by atoms with E-state index >= 15 is 0 Å². The molecule has 0 amide bonds. The van der Waals surface area contributed by atoms with Crippen LogP contribution in [0.2, 0.25) is 0 Å². The number of para-hydroxylation sites is 2. The summed E-state index contributed by atoms with van der Waals surface area (Å²) in [6.45, 7) is 0. The fourth-order valence-corrected chi connectivity index (χ4v) is 15.0. The summed E-state index contributed by atoms with van der Waals surface area (Å²) >= 11 is 0. The van der Waals surface area contributed by atoms with Crippen molar-refractivity contribution >= 4 is 165 Å². The van der Waals surface area contributed by atoms with Crippen molar-refractivity contribution in [3.8, 4) is 11.1 Å². The van der Waals surface area contributed by atoms with Gasteiger partial charge in [0.2, 0.25) is 0 Å². The standard InChI is InChI=1S/C22H17N.3C20H15N.2C16H13N/c1-2-6-17(7-3-1)19-10-13-21(14-11-19)23-22-15-12-18-8-4-5-9-20(18)16-22;1-3-11-17-15(7-1)9-5-13-19(17)21-20-14-6-10-16-8-2-4-12-18(16)20;1-3-7-17-13-19(11-9-15(17)5-1)21-20-12-10-16-6-2-4-8-18(16)14-20;1-2-8-17-14-18(13-12-15(17)6-1)21-20-11-5-9-16-7-3-4-10-19(16)20;1-2-9-14(10-3-1)17-16-12-6-8-13-7-4-5-11-15(13)16;1-2-8-15(9-3-1)17-16-11-10-13-6-4-5-7-14(13)12-16/h1-16,23H;3*1-14,21H;2*1-12,17H. The van der Waals surface area contributed by atoms with E-state index in [1.807, 2.05) is 42.5 Å². The summed E-state index contributed by atoms with van der Waals surface area (Å²) in [5.41, 5.74) is 15.9. The fourth-order valence-electron chi connectivity index (χ4n) is 15.0. The van der Waals surface area contributed by atoms with Crippen LogP contribution in [0.1, 0.15) is 0 Å². The highest BCUT2D eigenvalue weighted by Gasteiger charge is 2.09. The van der Waals surface area contributed by atoms with E-state index in [-0.39, 0.29) is 0 Å². The predicted molar refractivity (Wildman–Crippen MR) is 520 cm³/mol. The first-order chi connectivity index (χ1) is 59.4. The average Bonchev–Trinajstić information content (AvgIpc) is 0.825. The van der Waals surface area contributed by atoms with Gasteiger partial charge in [0.1, 0.15) is 0 Å². The van der Waals surface area contributed by atoms with Crippen LogP contribution in [0, 0.1) is 0 Å². The summed E-state index contributed by atoms with van der Waals surface area (Å²) in [7, 11) is 0. The Balaban J connectivity index is 0.000000103. The molecule has 0 saturated carbocycles. The van der Waals surface area contributed by atoms with Crippen molar-refractivity contribution in [3.05, 3.63) is 497 Å². The molecule has 0 saturated heterocycles. The number of benzene rings is 22. The Morgan fingerprint density at radius 3 is 0.600 bits per heavy atom. The number of fused-ring (bicyclic) bond motifs is 9. The predicted octanol–water partition coefficient (Wildman–Crippen LogP) is 32.6. The Hall–Kier alpha value is -16.0. The molecule has 22 aromatic rings. The van der Waals surface area contributed by atoms with Gasteiger partial charge in [0.25, 0.3) is 0 Å². The monoisotopic (exact) mass is 1540 g/mol. The second kappa shape index (κ2) is 38.0. The van der Waals surface area contributed by atoms with Gasteiger partial charge in [0.05, 0.1) is 0 Å². The zero-order chi connectivity index (χ0) is 80.7. The highest BCUT2D eigenvalue weighted by atomic mass is 14.9. The van der Waals surface area contributed by atoms with E-state index in [0.717, 1.165) is 68.2 Å². The lowest BCUT2D eigenvalue weighted by Gasteiger charge is -2.12. The van der Waals surface area contributed by atoms with Gasteiger partial charge in [0, 0.05) is 89.8 Å². The molecule has 6 nitrogen and oxygen atoms in total. The molecular weight excluding hydrogens is 1450 g/mol. The van der Waals surface area contributed by atoms with Crippen LogP contribution in [0.5, 0.6) is 0 Å².